The molecule has 1 N–H and O–H groups in total. The Morgan fingerprint density at radius 3 is 2.37 bits per heavy atom. The highest BCUT2D eigenvalue weighted by atomic mass is 16.6. The number of amides is 2. The van der Waals surface area contributed by atoms with E-state index in [2.05, 4.69) is 5.32 Å². The number of ether oxygens (including phenoxy) is 1. The zero-order chi connectivity index (χ0) is 22.1. The monoisotopic (exact) mass is 415 g/mol. The van der Waals surface area contributed by atoms with Gasteiger partial charge in [-0.3, -0.25) is 19.7 Å². The Hall–Kier alpha value is -3.95. The molecule has 30 heavy (non-hydrogen) atoms. The third-order valence-electron chi connectivity index (χ3n) is 3.99. The van der Waals surface area contributed by atoms with Gasteiger partial charge in [0.25, 0.3) is 11.8 Å². The molecular weight excluding hydrogens is 394 g/mol. The van der Waals surface area contributed by atoms with Gasteiger partial charge in [0.1, 0.15) is 10.7 Å². The number of benzene rings is 1. The zero-order valence-corrected chi connectivity index (χ0v) is 16.5. The number of hydrogen-bond donors (Lipinski definition) is 1. The van der Waals surface area contributed by atoms with Crippen molar-refractivity contribution in [3.63, 3.8) is 0 Å². The van der Waals surface area contributed by atoms with E-state index in [4.69, 9.17) is 9.15 Å². The molecule has 0 aliphatic heterocycles. The number of rotatable bonds is 9. The van der Waals surface area contributed by atoms with E-state index in [0.717, 1.165) is 12.1 Å². The largest absolute Gasteiger partial charge is 0.452 e. The fourth-order valence-corrected chi connectivity index (χ4v) is 2.45. The van der Waals surface area contributed by atoms with Gasteiger partial charge >= 0.3 is 11.9 Å². The molecule has 0 saturated heterocycles. The number of anilines is 1. The van der Waals surface area contributed by atoms with Crippen molar-refractivity contribution in [3.05, 3.63) is 63.9 Å². The van der Waals surface area contributed by atoms with Gasteiger partial charge in [-0.2, -0.15) is 0 Å². The summed E-state index contributed by atoms with van der Waals surface area (Å²) in [7, 11) is 0. The Kier molecular flexibility index (Phi) is 7.86. The molecule has 0 saturated carbocycles. The van der Waals surface area contributed by atoms with Crippen molar-refractivity contribution in [3.8, 4) is 0 Å². The van der Waals surface area contributed by atoms with Crippen LogP contribution < -0.4 is 5.32 Å². The van der Waals surface area contributed by atoms with Gasteiger partial charge in [0.05, 0.1) is 6.07 Å². The summed E-state index contributed by atoms with van der Waals surface area (Å²) >= 11 is 0. The minimum absolute atomic E-state index is 0.0968. The molecule has 2 aromatic rings. The van der Waals surface area contributed by atoms with Gasteiger partial charge in [-0.05, 0) is 50.3 Å². The summed E-state index contributed by atoms with van der Waals surface area (Å²) in [4.78, 5) is 47.3. The Morgan fingerprint density at radius 2 is 1.80 bits per heavy atom. The second-order valence-electron chi connectivity index (χ2n) is 5.98. The van der Waals surface area contributed by atoms with Crippen molar-refractivity contribution < 1.29 is 28.5 Å². The first-order valence-corrected chi connectivity index (χ1v) is 9.12. The van der Waals surface area contributed by atoms with Crippen LogP contribution in [0, 0.1) is 10.1 Å². The van der Waals surface area contributed by atoms with Crippen LogP contribution in [0.1, 0.15) is 30.0 Å². The van der Waals surface area contributed by atoms with Gasteiger partial charge in [-0.25, -0.2) is 4.79 Å². The summed E-state index contributed by atoms with van der Waals surface area (Å²) < 4.78 is 9.66. The Bertz CT molecular complexity index is 944. The Labute approximate surface area is 172 Å². The van der Waals surface area contributed by atoms with Gasteiger partial charge < -0.3 is 19.4 Å². The first kappa shape index (κ1) is 22.3. The molecule has 1 aromatic heterocycles. The number of nitrogens with zero attached hydrogens (tertiary/aromatic N) is 2. The summed E-state index contributed by atoms with van der Waals surface area (Å²) in [6, 6.07) is 8.85. The van der Waals surface area contributed by atoms with Crippen LogP contribution in [0.5, 0.6) is 0 Å². The average Bonchev–Trinajstić information content (AvgIpc) is 3.21. The van der Waals surface area contributed by atoms with Crippen LogP contribution in [0.25, 0.3) is 6.08 Å². The molecule has 0 radical (unpaired) electrons. The van der Waals surface area contributed by atoms with Crippen LogP contribution in [0.4, 0.5) is 11.6 Å². The molecule has 0 bridgehead atoms. The third kappa shape index (κ3) is 6.30. The van der Waals surface area contributed by atoms with Crippen molar-refractivity contribution >= 4 is 35.4 Å². The maximum absolute atomic E-state index is 12.3. The van der Waals surface area contributed by atoms with Gasteiger partial charge in [-0.1, -0.05) is 0 Å². The van der Waals surface area contributed by atoms with Crippen LogP contribution in [0.15, 0.2) is 46.9 Å². The summed E-state index contributed by atoms with van der Waals surface area (Å²) in [6.07, 6.45) is 2.18. The van der Waals surface area contributed by atoms with Gasteiger partial charge in [0.2, 0.25) is 0 Å². The van der Waals surface area contributed by atoms with E-state index in [9.17, 15) is 24.5 Å². The molecule has 0 fully saturated rings. The van der Waals surface area contributed by atoms with Crippen molar-refractivity contribution in [1.29, 1.82) is 0 Å². The summed E-state index contributed by atoms with van der Waals surface area (Å²) in [5.41, 5.74) is 0.956. The van der Waals surface area contributed by atoms with Crippen molar-refractivity contribution in [2.75, 3.05) is 25.0 Å². The minimum Gasteiger partial charge on any atom is -0.452 e. The maximum atomic E-state index is 12.3. The highest BCUT2D eigenvalue weighted by Gasteiger charge is 2.13. The SMILES string of the molecule is CCN(CC)C(=O)c1ccc(NC(=O)COC(=O)/C=C/c2ccc([N+](=O)[O-])o2)cc1. The highest BCUT2D eigenvalue weighted by Crippen LogP contribution is 2.16. The molecule has 1 heterocycles. The number of nitro groups is 1. The quantitative estimate of drug-likeness (QED) is 0.288. The molecule has 2 rings (SSSR count). The standard InChI is InChI=1S/C20H21N3O7/c1-3-22(4-2)20(26)14-5-7-15(8-6-14)21-17(24)13-29-19(25)12-10-16-9-11-18(30-16)23(27)28/h5-12H,3-4,13H2,1-2H3,(H,21,24)/b12-10+. The number of esters is 1. The first-order chi connectivity index (χ1) is 14.3. The van der Waals surface area contributed by atoms with Crippen LogP contribution in [-0.2, 0) is 14.3 Å². The molecule has 10 nitrogen and oxygen atoms in total. The van der Waals surface area contributed by atoms with E-state index in [-0.39, 0.29) is 11.7 Å². The molecule has 158 valence electrons. The van der Waals surface area contributed by atoms with Gasteiger partial charge in [0.15, 0.2) is 6.61 Å². The molecular formula is C20H21N3O7. The van der Waals surface area contributed by atoms with Gasteiger partial charge in [0, 0.05) is 30.4 Å². The van der Waals surface area contributed by atoms with E-state index in [1.54, 1.807) is 29.2 Å². The van der Waals surface area contributed by atoms with Crippen molar-refractivity contribution in [2.45, 2.75) is 13.8 Å². The fraction of sp³-hybridized carbons (Fsp3) is 0.250. The number of furan rings is 1. The lowest BCUT2D eigenvalue weighted by atomic mass is 10.2. The normalized spacial score (nSPS) is 10.6. The summed E-state index contributed by atoms with van der Waals surface area (Å²) in [6.45, 7) is 4.46. The summed E-state index contributed by atoms with van der Waals surface area (Å²) in [5, 5.41) is 13.1. The van der Waals surface area contributed by atoms with Crippen molar-refractivity contribution in [1.82, 2.24) is 4.90 Å². The summed E-state index contributed by atoms with van der Waals surface area (Å²) in [5.74, 6) is -1.83. The van der Waals surface area contributed by atoms with Gasteiger partial charge in [-0.15, -0.1) is 0 Å². The highest BCUT2D eigenvalue weighted by molar-refractivity contribution is 5.97. The molecule has 0 aliphatic rings. The van der Waals surface area contributed by atoms with E-state index < -0.39 is 29.3 Å². The lowest BCUT2D eigenvalue weighted by Crippen LogP contribution is -2.30. The lowest BCUT2D eigenvalue weighted by molar-refractivity contribution is -0.402. The predicted octanol–water partition coefficient (Wildman–Crippen LogP) is 2.86. The number of hydrogen-bond acceptors (Lipinski definition) is 7. The fourth-order valence-electron chi connectivity index (χ4n) is 2.45. The van der Waals surface area contributed by atoms with Crippen LogP contribution in [0.3, 0.4) is 0 Å². The number of carbonyl (C=O) groups excluding carboxylic acids is 3. The average molecular weight is 415 g/mol. The molecule has 10 heteroatoms. The van der Waals surface area contributed by atoms with Crippen molar-refractivity contribution in [2.24, 2.45) is 0 Å². The molecule has 2 amide bonds. The molecule has 0 spiro atoms. The molecule has 0 aliphatic carbocycles. The maximum Gasteiger partial charge on any atom is 0.433 e. The van der Waals surface area contributed by atoms with Crippen LogP contribution in [0.2, 0.25) is 0 Å². The number of carbonyl (C=O) groups is 3. The topological polar surface area (TPSA) is 132 Å². The number of nitrogens with one attached hydrogen (secondary N) is 1. The Balaban J connectivity index is 1.82. The minimum atomic E-state index is -0.815. The van der Waals surface area contributed by atoms with E-state index in [0.29, 0.717) is 24.3 Å². The predicted molar refractivity (Wildman–Crippen MR) is 108 cm³/mol. The Morgan fingerprint density at radius 1 is 1.13 bits per heavy atom. The second-order valence-corrected chi connectivity index (χ2v) is 5.98. The smallest absolute Gasteiger partial charge is 0.433 e. The zero-order valence-electron chi connectivity index (χ0n) is 16.5. The molecule has 0 unspecified atom stereocenters. The second kappa shape index (κ2) is 10.6. The first-order valence-electron chi connectivity index (χ1n) is 9.12. The van der Waals surface area contributed by atoms with E-state index in [1.165, 1.54) is 12.1 Å². The van der Waals surface area contributed by atoms with E-state index in [1.807, 2.05) is 13.8 Å². The molecule has 1 aromatic carbocycles. The lowest BCUT2D eigenvalue weighted by Gasteiger charge is -2.18. The molecule has 0 atom stereocenters. The van der Waals surface area contributed by atoms with E-state index >= 15 is 0 Å². The third-order valence-corrected chi connectivity index (χ3v) is 3.99. The van der Waals surface area contributed by atoms with Crippen LogP contribution >= 0.6 is 0 Å². The van der Waals surface area contributed by atoms with Crippen LogP contribution in [-0.4, -0.2) is 47.3 Å².